The van der Waals surface area contributed by atoms with Gasteiger partial charge in [-0.25, -0.2) is 13.6 Å². The second-order valence-corrected chi connectivity index (χ2v) is 6.09. The summed E-state index contributed by atoms with van der Waals surface area (Å²) in [5.74, 6) is -1.64. The Morgan fingerprint density at radius 2 is 1.43 bits per heavy atom. The van der Waals surface area contributed by atoms with Crippen molar-refractivity contribution in [1.82, 2.24) is 10.6 Å². The molecular weight excluding hydrogens is 274 g/mol. The highest BCUT2D eigenvalue weighted by atomic mass is 19.2. The molecule has 114 valence electrons. The number of carbonyl (C=O) groups is 1. The van der Waals surface area contributed by atoms with Gasteiger partial charge in [0.1, 0.15) is 0 Å². The van der Waals surface area contributed by atoms with Crippen LogP contribution in [0.25, 0.3) is 0 Å². The summed E-state index contributed by atoms with van der Waals surface area (Å²) in [6, 6.07) is 2.50. The molecule has 0 saturated heterocycles. The summed E-state index contributed by atoms with van der Waals surface area (Å²) in [6.07, 6.45) is 6.77. The van der Waals surface area contributed by atoms with Gasteiger partial charge in [-0.05, 0) is 48.9 Å². The highest BCUT2D eigenvalue weighted by molar-refractivity contribution is 5.74. The van der Waals surface area contributed by atoms with Crippen molar-refractivity contribution in [2.75, 3.05) is 0 Å². The van der Waals surface area contributed by atoms with Crippen molar-refractivity contribution in [3.05, 3.63) is 34.9 Å². The number of rotatable bonds is 2. The van der Waals surface area contributed by atoms with Crippen LogP contribution in [0.15, 0.2) is 12.1 Å². The zero-order chi connectivity index (χ0) is 14.8. The van der Waals surface area contributed by atoms with Gasteiger partial charge in [0, 0.05) is 12.1 Å². The van der Waals surface area contributed by atoms with Gasteiger partial charge >= 0.3 is 6.03 Å². The largest absolute Gasteiger partial charge is 0.335 e. The van der Waals surface area contributed by atoms with Crippen molar-refractivity contribution in [3.63, 3.8) is 0 Å². The first kappa shape index (κ1) is 14.3. The molecule has 3 nitrogen and oxygen atoms in total. The van der Waals surface area contributed by atoms with Gasteiger partial charge in [0.15, 0.2) is 11.6 Å². The zero-order valence-corrected chi connectivity index (χ0v) is 11.9. The second kappa shape index (κ2) is 6.00. The molecule has 0 aromatic heterocycles. The van der Waals surface area contributed by atoms with E-state index in [0.29, 0.717) is 12.8 Å². The Hall–Kier alpha value is -1.65. The van der Waals surface area contributed by atoms with Crippen molar-refractivity contribution < 1.29 is 13.6 Å². The Morgan fingerprint density at radius 1 is 0.905 bits per heavy atom. The SMILES string of the molecule is O=C(NC1CCCCC1)NC1Cc2cc(F)c(F)cc2C1. The Bertz CT molecular complexity index is 510. The van der Waals surface area contributed by atoms with Gasteiger partial charge in [-0.3, -0.25) is 0 Å². The maximum atomic E-state index is 13.2. The van der Waals surface area contributed by atoms with Gasteiger partial charge in [0.05, 0.1) is 0 Å². The molecule has 0 radical (unpaired) electrons. The number of amides is 2. The second-order valence-electron chi connectivity index (χ2n) is 6.09. The van der Waals surface area contributed by atoms with E-state index in [4.69, 9.17) is 0 Å². The van der Waals surface area contributed by atoms with E-state index in [1.165, 1.54) is 31.4 Å². The minimum atomic E-state index is -0.818. The summed E-state index contributed by atoms with van der Waals surface area (Å²) in [5, 5.41) is 5.91. The molecule has 0 bridgehead atoms. The number of carbonyl (C=O) groups excluding carboxylic acids is 1. The van der Waals surface area contributed by atoms with Crippen molar-refractivity contribution in [2.45, 2.75) is 57.0 Å². The maximum absolute atomic E-state index is 13.2. The van der Waals surface area contributed by atoms with Gasteiger partial charge < -0.3 is 10.6 Å². The molecule has 2 aliphatic rings. The summed E-state index contributed by atoms with van der Waals surface area (Å²) in [6.45, 7) is 0. The molecule has 0 heterocycles. The highest BCUT2D eigenvalue weighted by Gasteiger charge is 2.25. The smallest absolute Gasteiger partial charge is 0.315 e. The molecular formula is C16H20F2N2O. The molecule has 3 rings (SSSR count). The van der Waals surface area contributed by atoms with Crippen LogP contribution in [0.2, 0.25) is 0 Å². The van der Waals surface area contributed by atoms with Crippen molar-refractivity contribution in [3.8, 4) is 0 Å². The minimum absolute atomic E-state index is 0.0789. The molecule has 2 N–H and O–H groups in total. The predicted molar refractivity (Wildman–Crippen MR) is 76.1 cm³/mol. The fraction of sp³-hybridized carbons (Fsp3) is 0.562. The molecule has 1 aromatic carbocycles. The highest BCUT2D eigenvalue weighted by Crippen LogP contribution is 2.25. The third-order valence-electron chi connectivity index (χ3n) is 4.45. The molecule has 1 fully saturated rings. The number of benzene rings is 1. The standard InChI is InChI=1S/C16H20F2N2O/c17-14-8-10-6-13(7-11(10)9-15(14)18)20-16(21)19-12-4-2-1-3-5-12/h8-9,12-13H,1-7H2,(H2,19,20,21). The van der Waals surface area contributed by atoms with Gasteiger partial charge in [0.25, 0.3) is 0 Å². The molecule has 0 aliphatic heterocycles. The minimum Gasteiger partial charge on any atom is -0.335 e. The van der Waals surface area contributed by atoms with Crippen LogP contribution in [0, 0.1) is 11.6 Å². The quantitative estimate of drug-likeness (QED) is 0.865. The fourth-order valence-electron chi connectivity index (χ4n) is 3.37. The van der Waals surface area contributed by atoms with Crippen LogP contribution in [-0.2, 0) is 12.8 Å². The first-order valence-corrected chi connectivity index (χ1v) is 7.65. The lowest BCUT2D eigenvalue weighted by Gasteiger charge is -2.24. The van der Waals surface area contributed by atoms with Crippen LogP contribution >= 0.6 is 0 Å². The van der Waals surface area contributed by atoms with E-state index in [1.807, 2.05) is 0 Å². The average Bonchev–Trinajstić information content (AvgIpc) is 2.81. The Kier molecular flexibility index (Phi) is 4.08. The van der Waals surface area contributed by atoms with Gasteiger partial charge in [0.2, 0.25) is 0 Å². The third-order valence-corrected chi connectivity index (χ3v) is 4.45. The number of halogens is 2. The Morgan fingerprint density at radius 3 is 2.00 bits per heavy atom. The molecule has 1 saturated carbocycles. The molecule has 2 aliphatic carbocycles. The lowest BCUT2D eigenvalue weighted by Crippen LogP contribution is -2.47. The van der Waals surface area contributed by atoms with Crippen LogP contribution in [0.1, 0.15) is 43.2 Å². The van der Waals surface area contributed by atoms with Crippen LogP contribution in [0.3, 0.4) is 0 Å². The van der Waals surface area contributed by atoms with E-state index >= 15 is 0 Å². The Labute approximate surface area is 123 Å². The molecule has 0 spiro atoms. The number of fused-ring (bicyclic) bond motifs is 1. The lowest BCUT2D eigenvalue weighted by molar-refractivity contribution is 0.229. The van der Waals surface area contributed by atoms with Gasteiger partial charge in [-0.15, -0.1) is 0 Å². The van der Waals surface area contributed by atoms with Crippen LogP contribution in [-0.4, -0.2) is 18.1 Å². The van der Waals surface area contributed by atoms with E-state index in [0.717, 1.165) is 24.0 Å². The van der Waals surface area contributed by atoms with Gasteiger partial charge in [-0.1, -0.05) is 19.3 Å². The molecule has 0 unspecified atom stereocenters. The summed E-state index contributed by atoms with van der Waals surface area (Å²) in [7, 11) is 0. The predicted octanol–water partition coefficient (Wildman–Crippen LogP) is 3.06. The van der Waals surface area contributed by atoms with E-state index in [-0.39, 0.29) is 18.1 Å². The van der Waals surface area contributed by atoms with Crippen molar-refractivity contribution in [2.24, 2.45) is 0 Å². The molecule has 2 amide bonds. The van der Waals surface area contributed by atoms with Crippen LogP contribution in [0.4, 0.5) is 13.6 Å². The van der Waals surface area contributed by atoms with Crippen molar-refractivity contribution in [1.29, 1.82) is 0 Å². The average molecular weight is 294 g/mol. The van der Waals surface area contributed by atoms with Gasteiger partial charge in [-0.2, -0.15) is 0 Å². The number of nitrogens with one attached hydrogen (secondary N) is 2. The molecule has 5 heteroatoms. The third kappa shape index (κ3) is 3.34. The zero-order valence-electron chi connectivity index (χ0n) is 11.9. The summed E-state index contributed by atoms with van der Waals surface area (Å²) in [4.78, 5) is 12.0. The van der Waals surface area contributed by atoms with Crippen molar-refractivity contribution >= 4 is 6.03 Å². The van der Waals surface area contributed by atoms with Crippen LogP contribution in [0.5, 0.6) is 0 Å². The fourth-order valence-corrected chi connectivity index (χ4v) is 3.37. The summed E-state index contributed by atoms with van der Waals surface area (Å²) < 4.78 is 26.4. The van der Waals surface area contributed by atoms with E-state index in [1.54, 1.807) is 0 Å². The topological polar surface area (TPSA) is 41.1 Å². The molecule has 0 atom stereocenters. The van der Waals surface area contributed by atoms with E-state index < -0.39 is 11.6 Å². The molecule has 1 aromatic rings. The number of hydrogen-bond acceptors (Lipinski definition) is 1. The normalized spacial score (nSPS) is 19.3. The lowest BCUT2D eigenvalue weighted by atomic mass is 9.96. The molecule has 21 heavy (non-hydrogen) atoms. The Balaban J connectivity index is 1.54. The first-order chi connectivity index (χ1) is 10.1. The number of hydrogen-bond donors (Lipinski definition) is 2. The summed E-state index contributed by atoms with van der Waals surface area (Å²) >= 11 is 0. The monoisotopic (exact) mass is 294 g/mol. The summed E-state index contributed by atoms with van der Waals surface area (Å²) in [5.41, 5.74) is 1.58. The van der Waals surface area contributed by atoms with E-state index in [2.05, 4.69) is 10.6 Å². The number of urea groups is 1. The van der Waals surface area contributed by atoms with Crippen LogP contribution < -0.4 is 10.6 Å². The first-order valence-electron chi connectivity index (χ1n) is 7.65. The van der Waals surface area contributed by atoms with E-state index in [9.17, 15) is 13.6 Å². The maximum Gasteiger partial charge on any atom is 0.315 e.